The summed E-state index contributed by atoms with van der Waals surface area (Å²) in [5.74, 6) is 1.06. The molecule has 2 aromatic rings. The number of aromatic nitrogens is 1. The molecule has 19 heavy (non-hydrogen) atoms. The molecule has 1 aliphatic heterocycles. The number of hydrogen-bond donors (Lipinski definition) is 0. The van der Waals surface area contributed by atoms with E-state index in [1.807, 2.05) is 12.1 Å². The highest BCUT2D eigenvalue weighted by molar-refractivity contribution is 9.10. The van der Waals surface area contributed by atoms with Crippen LogP contribution in [-0.2, 0) is 0 Å². The minimum absolute atomic E-state index is 0.899. The predicted molar refractivity (Wildman–Crippen MR) is 82.8 cm³/mol. The highest BCUT2D eigenvalue weighted by Crippen LogP contribution is 2.20. The quantitative estimate of drug-likeness (QED) is 0.793. The summed E-state index contributed by atoms with van der Waals surface area (Å²) in [5.41, 5.74) is 1.31. The summed E-state index contributed by atoms with van der Waals surface area (Å²) in [7, 11) is 0. The van der Waals surface area contributed by atoms with Crippen LogP contribution in [0.2, 0.25) is 0 Å². The number of halogens is 1. The number of nitrogens with zero attached hydrogens (tertiary/aromatic N) is 3. The summed E-state index contributed by atoms with van der Waals surface area (Å²) in [6.07, 6.45) is 0. The van der Waals surface area contributed by atoms with Crippen molar-refractivity contribution in [1.82, 2.24) is 4.98 Å². The van der Waals surface area contributed by atoms with Crippen molar-refractivity contribution in [3.63, 3.8) is 0 Å². The van der Waals surface area contributed by atoms with E-state index in [2.05, 4.69) is 67.1 Å². The molecule has 0 radical (unpaired) electrons. The SMILES string of the molecule is Brc1cccc(N2CCN(c3ccccc3)CC2)n1. The van der Waals surface area contributed by atoms with Crippen LogP contribution in [0.25, 0.3) is 0 Å². The molecule has 1 saturated heterocycles. The molecule has 0 bridgehead atoms. The molecule has 0 spiro atoms. The van der Waals surface area contributed by atoms with Gasteiger partial charge in [0.05, 0.1) is 0 Å². The van der Waals surface area contributed by atoms with Gasteiger partial charge in [0.15, 0.2) is 0 Å². The molecule has 0 atom stereocenters. The summed E-state index contributed by atoms with van der Waals surface area (Å²) >= 11 is 3.43. The van der Waals surface area contributed by atoms with Crippen molar-refractivity contribution in [2.45, 2.75) is 0 Å². The normalized spacial score (nSPS) is 15.6. The summed E-state index contributed by atoms with van der Waals surface area (Å²) in [6, 6.07) is 16.7. The monoisotopic (exact) mass is 317 g/mol. The molecule has 1 fully saturated rings. The van der Waals surface area contributed by atoms with E-state index >= 15 is 0 Å². The van der Waals surface area contributed by atoms with Gasteiger partial charge in [0.1, 0.15) is 10.4 Å². The fourth-order valence-corrected chi connectivity index (χ4v) is 2.74. The topological polar surface area (TPSA) is 19.4 Å². The molecule has 98 valence electrons. The van der Waals surface area contributed by atoms with Crippen molar-refractivity contribution >= 4 is 27.4 Å². The van der Waals surface area contributed by atoms with Crippen molar-refractivity contribution in [3.05, 3.63) is 53.1 Å². The minimum atomic E-state index is 0.899. The highest BCUT2D eigenvalue weighted by atomic mass is 79.9. The highest BCUT2D eigenvalue weighted by Gasteiger charge is 2.18. The number of benzene rings is 1. The summed E-state index contributed by atoms with van der Waals surface area (Å²) in [5, 5.41) is 0. The average molecular weight is 318 g/mol. The zero-order chi connectivity index (χ0) is 13.1. The van der Waals surface area contributed by atoms with E-state index in [1.54, 1.807) is 0 Å². The van der Waals surface area contributed by atoms with E-state index in [0.29, 0.717) is 0 Å². The Labute approximate surface area is 122 Å². The van der Waals surface area contributed by atoms with E-state index in [-0.39, 0.29) is 0 Å². The molecular formula is C15H16BrN3. The first-order chi connectivity index (χ1) is 9.33. The van der Waals surface area contributed by atoms with Gasteiger partial charge in [-0.3, -0.25) is 0 Å². The maximum atomic E-state index is 4.52. The van der Waals surface area contributed by atoms with Crippen LogP contribution in [0.15, 0.2) is 53.1 Å². The van der Waals surface area contributed by atoms with Crippen LogP contribution in [0.1, 0.15) is 0 Å². The predicted octanol–water partition coefficient (Wildman–Crippen LogP) is 3.17. The Balaban J connectivity index is 1.67. The first-order valence-corrected chi connectivity index (χ1v) is 7.30. The molecule has 3 rings (SSSR count). The average Bonchev–Trinajstić information content (AvgIpc) is 2.48. The lowest BCUT2D eigenvalue weighted by atomic mass is 10.2. The zero-order valence-corrected chi connectivity index (χ0v) is 12.3. The second-order valence-corrected chi connectivity index (χ2v) is 5.44. The van der Waals surface area contributed by atoms with Crippen molar-refractivity contribution in [2.75, 3.05) is 36.0 Å². The number of anilines is 2. The van der Waals surface area contributed by atoms with Crippen LogP contribution in [0.3, 0.4) is 0 Å². The number of rotatable bonds is 2. The van der Waals surface area contributed by atoms with Crippen molar-refractivity contribution in [2.24, 2.45) is 0 Å². The molecule has 0 aliphatic carbocycles. The largest absolute Gasteiger partial charge is 0.368 e. The lowest BCUT2D eigenvalue weighted by Crippen LogP contribution is -2.46. The zero-order valence-electron chi connectivity index (χ0n) is 10.7. The molecular weight excluding hydrogens is 302 g/mol. The fourth-order valence-electron chi connectivity index (χ4n) is 2.41. The molecule has 1 aliphatic rings. The van der Waals surface area contributed by atoms with E-state index in [9.17, 15) is 0 Å². The van der Waals surface area contributed by atoms with Gasteiger partial charge < -0.3 is 9.80 Å². The van der Waals surface area contributed by atoms with Gasteiger partial charge in [-0.05, 0) is 40.2 Å². The van der Waals surface area contributed by atoms with Crippen molar-refractivity contribution < 1.29 is 0 Å². The number of piperazine rings is 1. The maximum absolute atomic E-state index is 4.52. The van der Waals surface area contributed by atoms with Gasteiger partial charge >= 0.3 is 0 Å². The molecule has 2 heterocycles. The second kappa shape index (κ2) is 5.61. The lowest BCUT2D eigenvalue weighted by Gasteiger charge is -2.36. The van der Waals surface area contributed by atoms with Crippen LogP contribution < -0.4 is 9.80 Å². The third-order valence-corrected chi connectivity index (χ3v) is 3.87. The van der Waals surface area contributed by atoms with Gasteiger partial charge in [0.25, 0.3) is 0 Å². The Morgan fingerprint density at radius 3 is 2.16 bits per heavy atom. The van der Waals surface area contributed by atoms with Crippen molar-refractivity contribution in [3.8, 4) is 0 Å². The smallest absolute Gasteiger partial charge is 0.129 e. The third-order valence-electron chi connectivity index (χ3n) is 3.43. The van der Waals surface area contributed by atoms with Gasteiger partial charge in [0, 0.05) is 31.9 Å². The maximum Gasteiger partial charge on any atom is 0.129 e. The Hall–Kier alpha value is -1.55. The molecule has 0 amide bonds. The van der Waals surface area contributed by atoms with E-state index in [1.165, 1.54) is 5.69 Å². The molecule has 0 N–H and O–H groups in total. The number of pyridine rings is 1. The van der Waals surface area contributed by atoms with Crippen molar-refractivity contribution in [1.29, 1.82) is 0 Å². The third kappa shape index (κ3) is 2.89. The number of hydrogen-bond acceptors (Lipinski definition) is 3. The fraction of sp³-hybridized carbons (Fsp3) is 0.267. The van der Waals surface area contributed by atoms with Crippen LogP contribution in [-0.4, -0.2) is 31.2 Å². The Morgan fingerprint density at radius 2 is 1.47 bits per heavy atom. The van der Waals surface area contributed by atoms with E-state index < -0.39 is 0 Å². The first-order valence-electron chi connectivity index (χ1n) is 6.50. The standard InChI is InChI=1S/C15H16BrN3/c16-14-7-4-8-15(17-14)19-11-9-18(10-12-19)13-5-2-1-3-6-13/h1-8H,9-12H2. The summed E-state index contributed by atoms with van der Waals surface area (Å²) in [4.78, 5) is 9.28. The summed E-state index contributed by atoms with van der Waals surface area (Å²) in [6.45, 7) is 4.10. The van der Waals surface area contributed by atoms with Crippen LogP contribution in [0.5, 0.6) is 0 Å². The van der Waals surface area contributed by atoms with Gasteiger partial charge in [-0.25, -0.2) is 4.98 Å². The second-order valence-electron chi connectivity index (χ2n) is 4.63. The van der Waals surface area contributed by atoms with Crippen LogP contribution in [0.4, 0.5) is 11.5 Å². The first kappa shape index (κ1) is 12.5. The lowest BCUT2D eigenvalue weighted by molar-refractivity contribution is 0.647. The van der Waals surface area contributed by atoms with Gasteiger partial charge in [0.2, 0.25) is 0 Å². The minimum Gasteiger partial charge on any atom is -0.368 e. The molecule has 0 unspecified atom stereocenters. The molecule has 3 nitrogen and oxygen atoms in total. The molecule has 1 aromatic carbocycles. The Morgan fingerprint density at radius 1 is 0.789 bits per heavy atom. The summed E-state index contributed by atoms with van der Waals surface area (Å²) < 4.78 is 0.899. The van der Waals surface area contributed by atoms with E-state index in [4.69, 9.17) is 0 Å². The van der Waals surface area contributed by atoms with Crippen LogP contribution in [0, 0.1) is 0 Å². The van der Waals surface area contributed by atoms with Gasteiger partial charge in [-0.15, -0.1) is 0 Å². The van der Waals surface area contributed by atoms with Crippen LogP contribution >= 0.6 is 15.9 Å². The van der Waals surface area contributed by atoms with Gasteiger partial charge in [-0.1, -0.05) is 24.3 Å². The Bertz CT molecular complexity index is 536. The molecule has 4 heteroatoms. The molecule has 0 saturated carbocycles. The van der Waals surface area contributed by atoms with E-state index in [0.717, 1.165) is 36.6 Å². The Kier molecular flexibility index (Phi) is 3.69. The van der Waals surface area contributed by atoms with Gasteiger partial charge in [-0.2, -0.15) is 0 Å². The number of para-hydroxylation sites is 1. The molecule has 1 aromatic heterocycles.